The Morgan fingerprint density at radius 3 is 2.69 bits per heavy atom. The Kier molecular flexibility index (Phi) is 7.74. The molecule has 1 saturated carbocycles. The summed E-state index contributed by atoms with van der Waals surface area (Å²) in [5.41, 5.74) is 1.30. The van der Waals surface area contributed by atoms with E-state index in [9.17, 15) is 0 Å². The lowest BCUT2D eigenvalue weighted by molar-refractivity contribution is 0.292. The van der Waals surface area contributed by atoms with Gasteiger partial charge in [0.2, 0.25) is 5.95 Å². The fourth-order valence-electron chi connectivity index (χ4n) is 5.06. The molecule has 2 aliphatic rings. The van der Waals surface area contributed by atoms with Gasteiger partial charge < -0.3 is 15.5 Å². The van der Waals surface area contributed by atoms with Gasteiger partial charge in [0, 0.05) is 35.6 Å². The van der Waals surface area contributed by atoms with Gasteiger partial charge in [-0.2, -0.15) is 4.98 Å². The average molecular weight is 493 g/mol. The number of benzene rings is 1. The summed E-state index contributed by atoms with van der Waals surface area (Å²) in [6.07, 6.45) is 9.52. The Balaban J connectivity index is 1.45. The number of hydrogen-bond acceptors (Lipinski definition) is 4. The van der Waals surface area contributed by atoms with Crippen LogP contribution in [-0.4, -0.2) is 34.2 Å². The molecule has 0 radical (unpaired) electrons. The van der Waals surface area contributed by atoms with E-state index >= 15 is 0 Å². The van der Waals surface area contributed by atoms with Crippen molar-refractivity contribution >= 4 is 52.3 Å². The molecule has 32 heavy (non-hydrogen) atoms. The lowest BCUT2D eigenvalue weighted by Crippen LogP contribution is -2.43. The smallest absolute Gasteiger partial charge is 0.232 e. The van der Waals surface area contributed by atoms with Gasteiger partial charge in [0.25, 0.3) is 0 Å². The standard InChI is InChI=1S/C24H31Cl2N5S/c1-17-8-3-6-13-31(17)21-15-20(26)28-22(29-21)30-23(32)27-16-24(11-4-2-5-12-24)18-9-7-10-19(25)14-18/h7,9-10,14-15,17H,2-6,8,11-13,16H2,1H3,(H2,27,28,29,30,32)/t17-/m0/s1. The molecule has 2 heterocycles. The van der Waals surface area contributed by atoms with Crippen molar-refractivity contribution in [2.45, 2.75) is 69.7 Å². The largest absolute Gasteiger partial charge is 0.361 e. The maximum absolute atomic E-state index is 6.32. The molecule has 4 rings (SSSR count). The van der Waals surface area contributed by atoms with Crippen LogP contribution in [0.3, 0.4) is 0 Å². The van der Waals surface area contributed by atoms with Gasteiger partial charge in [0.15, 0.2) is 5.11 Å². The van der Waals surface area contributed by atoms with E-state index in [1.54, 1.807) is 0 Å². The summed E-state index contributed by atoms with van der Waals surface area (Å²) in [6.45, 7) is 3.96. The van der Waals surface area contributed by atoms with Crippen molar-refractivity contribution in [1.29, 1.82) is 0 Å². The summed E-state index contributed by atoms with van der Waals surface area (Å²) in [7, 11) is 0. The van der Waals surface area contributed by atoms with Crippen molar-refractivity contribution in [1.82, 2.24) is 15.3 Å². The molecule has 1 saturated heterocycles. The predicted molar refractivity (Wildman–Crippen MR) is 138 cm³/mol. The molecule has 1 aliphatic carbocycles. The molecule has 2 fully saturated rings. The average Bonchev–Trinajstić information content (AvgIpc) is 2.78. The fourth-order valence-corrected chi connectivity index (χ4v) is 5.59. The van der Waals surface area contributed by atoms with E-state index in [1.165, 1.54) is 37.7 Å². The first kappa shape index (κ1) is 23.5. The van der Waals surface area contributed by atoms with E-state index in [-0.39, 0.29) is 5.41 Å². The molecule has 172 valence electrons. The van der Waals surface area contributed by atoms with Crippen LogP contribution in [0.2, 0.25) is 10.2 Å². The second-order valence-corrected chi connectivity index (χ2v) is 10.3. The van der Waals surface area contributed by atoms with E-state index < -0.39 is 0 Å². The Labute approximate surface area is 206 Å². The second-order valence-electron chi connectivity index (χ2n) is 9.07. The number of anilines is 2. The molecule has 1 aromatic carbocycles. The van der Waals surface area contributed by atoms with Crippen LogP contribution in [0.25, 0.3) is 0 Å². The van der Waals surface area contributed by atoms with E-state index in [4.69, 9.17) is 40.4 Å². The van der Waals surface area contributed by atoms with Crippen LogP contribution in [-0.2, 0) is 5.41 Å². The zero-order valence-corrected chi connectivity index (χ0v) is 20.9. The van der Waals surface area contributed by atoms with Crippen LogP contribution < -0.4 is 15.5 Å². The van der Waals surface area contributed by atoms with Crippen LogP contribution in [0.15, 0.2) is 30.3 Å². The predicted octanol–water partition coefficient (Wildman–Crippen LogP) is 6.35. The van der Waals surface area contributed by atoms with Gasteiger partial charge in [-0.15, -0.1) is 0 Å². The highest BCUT2D eigenvalue weighted by Gasteiger charge is 2.34. The highest BCUT2D eigenvalue weighted by Crippen LogP contribution is 2.39. The van der Waals surface area contributed by atoms with Crippen LogP contribution in [0, 0.1) is 0 Å². The summed E-state index contributed by atoms with van der Waals surface area (Å²) in [6, 6.07) is 10.5. The fraction of sp³-hybridized carbons (Fsp3) is 0.542. The molecular weight excluding hydrogens is 461 g/mol. The topological polar surface area (TPSA) is 53.1 Å². The number of halogens is 2. The van der Waals surface area contributed by atoms with Crippen molar-refractivity contribution < 1.29 is 0 Å². The molecular formula is C24H31Cl2N5S. The van der Waals surface area contributed by atoms with Gasteiger partial charge in [-0.1, -0.05) is 54.6 Å². The quantitative estimate of drug-likeness (QED) is 0.375. The molecule has 1 aromatic heterocycles. The summed E-state index contributed by atoms with van der Waals surface area (Å²) < 4.78 is 0. The third kappa shape index (κ3) is 5.64. The van der Waals surface area contributed by atoms with Crippen LogP contribution in [0.5, 0.6) is 0 Å². The SMILES string of the molecule is C[C@H]1CCCCN1c1cc(Cl)nc(NC(=S)NCC2(c3cccc(Cl)c3)CCCCC2)n1. The summed E-state index contributed by atoms with van der Waals surface area (Å²) in [5.74, 6) is 1.29. The van der Waals surface area contributed by atoms with Crippen molar-refractivity contribution in [3.05, 3.63) is 46.1 Å². The molecule has 0 spiro atoms. The maximum atomic E-state index is 6.32. The van der Waals surface area contributed by atoms with E-state index in [2.05, 4.69) is 39.6 Å². The van der Waals surface area contributed by atoms with Gasteiger partial charge >= 0.3 is 0 Å². The Morgan fingerprint density at radius 1 is 1.12 bits per heavy atom. The number of rotatable bonds is 5. The molecule has 1 atom stereocenters. The molecule has 0 amide bonds. The monoisotopic (exact) mass is 491 g/mol. The minimum absolute atomic E-state index is 0.0263. The molecule has 8 heteroatoms. The zero-order chi connectivity index (χ0) is 22.6. The van der Waals surface area contributed by atoms with Crippen LogP contribution in [0.4, 0.5) is 11.8 Å². The third-order valence-corrected chi connectivity index (χ3v) is 7.51. The molecule has 1 aliphatic heterocycles. The van der Waals surface area contributed by atoms with Crippen molar-refractivity contribution in [2.75, 3.05) is 23.3 Å². The lowest BCUT2D eigenvalue weighted by Gasteiger charge is -2.38. The van der Waals surface area contributed by atoms with Crippen LogP contribution in [0.1, 0.15) is 63.9 Å². The minimum atomic E-state index is 0.0263. The number of piperidine rings is 1. The van der Waals surface area contributed by atoms with Crippen LogP contribution >= 0.6 is 35.4 Å². The lowest BCUT2D eigenvalue weighted by atomic mass is 9.69. The Morgan fingerprint density at radius 2 is 1.94 bits per heavy atom. The van der Waals surface area contributed by atoms with E-state index in [0.29, 0.717) is 22.3 Å². The number of thiocarbonyl (C=S) groups is 1. The van der Waals surface area contributed by atoms with Gasteiger partial charge in [-0.25, -0.2) is 4.98 Å². The van der Waals surface area contributed by atoms with Crippen molar-refractivity contribution in [3.63, 3.8) is 0 Å². The Bertz CT molecular complexity index is 948. The number of nitrogens with one attached hydrogen (secondary N) is 2. The zero-order valence-electron chi connectivity index (χ0n) is 18.5. The van der Waals surface area contributed by atoms with Crippen molar-refractivity contribution in [3.8, 4) is 0 Å². The first-order chi connectivity index (χ1) is 15.4. The highest BCUT2D eigenvalue weighted by molar-refractivity contribution is 7.80. The third-order valence-electron chi connectivity index (χ3n) is 6.84. The van der Waals surface area contributed by atoms with Gasteiger partial charge in [-0.3, -0.25) is 0 Å². The highest BCUT2D eigenvalue weighted by atomic mass is 35.5. The molecule has 2 N–H and O–H groups in total. The first-order valence-corrected chi connectivity index (χ1v) is 12.7. The second kappa shape index (κ2) is 10.5. The summed E-state index contributed by atoms with van der Waals surface area (Å²) >= 11 is 18.2. The van der Waals surface area contributed by atoms with E-state index in [1.807, 2.05) is 18.2 Å². The van der Waals surface area contributed by atoms with E-state index in [0.717, 1.165) is 43.2 Å². The molecule has 0 unspecified atom stereocenters. The van der Waals surface area contributed by atoms with Crippen molar-refractivity contribution in [2.24, 2.45) is 0 Å². The number of aromatic nitrogens is 2. The van der Waals surface area contributed by atoms with Gasteiger partial charge in [0.1, 0.15) is 11.0 Å². The normalized spacial score (nSPS) is 20.6. The summed E-state index contributed by atoms with van der Waals surface area (Å²) in [4.78, 5) is 11.4. The van der Waals surface area contributed by atoms with Gasteiger partial charge in [-0.05, 0) is 68.9 Å². The number of hydrogen-bond donors (Lipinski definition) is 2. The van der Waals surface area contributed by atoms with Gasteiger partial charge in [0.05, 0.1) is 0 Å². The molecule has 5 nitrogen and oxygen atoms in total. The maximum Gasteiger partial charge on any atom is 0.232 e. The Hall–Kier alpha value is -1.63. The minimum Gasteiger partial charge on any atom is -0.361 e. The first-order valence-electron chi connectivity index (χ1n) is 11.6. The number of nitrogens with zero attached hydrogens (tertiary/aromatic N) is 3. The summed E-state index contributed by atoms with van der Waals surface area (Å²) in [5, 5.41) is 8.29. The molecule has 0 bridgehead atoms. The molecule has 2 aromatic rings.